The molecule has 3 amide bonds. The molecule has 0 saturated heterocycles. The Morgan fingerprint density at radius 2 is 1.91 bits per heavy atom. The number of anilines is 2. The van der Waals surface area contributed by atoms with Crippen molar-refractivity contribution in [1.82, 2.24) is 14.9 Å². The fraction of sp³-hybridized carbons (Fsp3) is 0.435. The number of carboxylic acids is 1. The molecule has 0 atom stereocenters. The number of benzene rings is 1. The van der Waals surface area contributed by atoms with Crippen LogP contribution >= 0.6 is 0 Å². The monoisotopic (exact) mass is 453 g/mol. The van der Waals surface area contributed by atoms with E-state index < -0.39 is 12.0 Å². The first-order valence-corrected chi connectivity index (χ1v) is 11.1. The summed E-state index contributed by atoms with van der Waals surface area (Å²) in [5, 5.41) is 14.3. The lowest BCUT2D eigenvalue weighted by atomic mass is 9.85. The van der Waals surface area contributed by atoms with E-state index in [0.717, 1.165) is 24.0 Å². The number of rotatable bonds is 5. The number of hydrogen-bond donors (Lipinski definition) is 3. The maximum Gasteiger partial charge on any atom is 0.410 e. The van der Waals surface area contributed by atoms with Gasteiger partial charge in [-0.3, -0.25) is 15.1 Å². The first kappa shape index (κ1) is 22.5. The number of carbonyl (C=O) groups is 3. The normalized spacial score (nSPS) is 19.8. The van der Waals surface area contributed by atoms with Crippen molar-refractivity contribution in [3.05, 3.63) is 47.9 Å². The predicted molar refractivity (Wildman–Crippen MR) is 120 cm³/mol. The van der Waals surface area contributed by atoms with Gasteiger partial charge in [-0.25, -0.2) is 14.6 Å². The van der Waals surface area contributed by atoms with Gasteiger partial charge in [0, 0.05) is 37.6 Å². The second kappa shape index (κ2) is 10.3. The minimum atomic E-state index is -0.771. The summed E-state index contributed by atoms with van der Waals surface area (Å²) < 4.78 is 5.70. The third-order valence-corrected chi connectivity index (χ3v) is 6.06. The van der Waals surface area contributed by atoms with E-state index in [1.165, 1.54) is 18.6 Å². The molecule has 0 bridgehead atoms. The van der Waals surface area contributed by atoms with Gasteiger partial charge < -0.3 is 20.1 Å². The van der Waals surface area contributed by atoms with Crippen LogP contribution in [0.25, 0.3) is 0 Å². The lowest BCUT2D eigenvalue weighted by Gasteiger charge is -2.32. The van der Waals surface area contributed by atoms with E-state index in [9.17, 15) is 14.4 Å². The van der Waals surface area contributed by atoms with Crippen molar-refractivity contribution in [2.45, 2.75) is 51.2 Å². The summed E-state index contributed by atoms with van der Waals surface area (Å²) in [6, 6.07) is 5.21. The van der Waals surface area contributed by atoms with Gasteiger partial charge in [0.25, 0.3) is 0 Å². The summed E-state index contributed by atoms with van der Waals surface area (Å²) in [6.45, 7) is 0.990. The lowest BCUT2D eigenvalue weighted by molar-refractivity contribution is -0.138. The minimum absolute atomic E-state index is 0.150. The molecule has 2 aliphatic rings. The standard InChI is InChI=1S/C23H27N5O5/c29-21(30)11-15-1-5-19(6-2-15)33-23(32)28-10-7-16-12-18(4-3-17(16)14-28)26-22(31)27-20-13-24-8-9-25-20/h3-4,8-9,12-13,15,19H,1-2,5-7,10-11,14H2,(H,29,30)(H2,25,26,27,31)/t15-,19-. The van der Waals surface area contributed by atoms with E-state index in [1.54, 1.807) is 11.0 Å². The quantitative estimate of drug-likeness (QED) is 0.629. The second-order valence-corrected chi connectivity index (χ2v) is 8.45. The molecule has 174 valence electrons. The third-order valence-electron chi connectivity index (χ3n) is 6.06. The topological polar surface area (TPSA) is 134 Å². The van der Waals surface area contributed by atoms with E-state index in [1.807, 2.05) is 12.1 Å². The number of nitrogens with one attached hydrogen (secondary N) is 2. The van der Waals surface area contributed by atoms with Gasteiger partial charge in [-0.2, -0.15) is 0 Å². The average molecular weight is 453 g/mol. The highest BCUT2D eigenvalue weighted by Gasteiger charge is 2.28. The highest BCUT2D eigenvalue weighted by Crippen LogP contribution is 2.30. The molecule has 3 N–H and O–H groups in total. The van der Waals surface area contributed by atoms with Crippen LogP contribution in [0, 0.1) is 5.92 Å². The van der Waals surface area contributed by atoms with Crippen LogP contribution in [0.4, 0.5) is 21.1 Å². The summed E-state index contributed by atoms with van der Waals surface area (Å²) in [4.78, 5) is 45.3. The lowest BCUT2D eigenvalue weighted by Crippen LogP contribution is -2.39. The van der Waals surface area contributed by atoms with Gasteiger partial charge in [0.1, 0.15) is 6.10 Å². The number of carboxylic acid groups (broad SMARTS) is 1. The fourth-order valence-corrected chi connectivity index (χ4v) is 4.35. The number of hydrogen-bond acceptors (Lipinski definition) is 6. The predicted octanol–water partition coefficient (Wildman–Crippen LogP) is 3.65. The van der Waals surface area contributed by atoms with Gasteiger partial charge in [-0.05, 0) is 61.3 Å². The van der Waals surface area contributed by atoms with Crippen LogP contribution < -0.4 is 10.6 Å². The Morgan fingerprint density at radius 1 is 1.09 bits per heavy atom. The number of fused-ring (bicyclic) bond motifs is 1. The zero-order valence-electron chi connectivity index (χ0n) is 18.2. The van der Waals surface area contributed by atoms with Crippen LogP contribution in [0.2, 0.25) is 0 Å². The Kier molecular flexibility index (Phi) is 7.01. The molecule has 1 fully saturated rings. The molecule has 1 aliphatic carbocycles. The van der Waals surface area contributed by atoms with E-state index in [0.29, 0.717) is 43.9 Å². The zero-order valence-corrected chi connectivity index (χ0v) is 18.2. The number of amides is 3. The highest BCUT2D eigenvalue weighted by atomic mass is 16.6. The van der Waals surface area contributed by atoms with Crippen molar-refractivity contribution >= 4 is 29.6 Å². The van der Waals surface area contributed by atoms with Gasteiger partial charge in [0.05, 0.1) is 6.20 Å². The summed E-state index contributed by atoms with van der Waals surface area (Å²) in [7, 11) is 0. The van der Waals surface area contributed by atoms with Crippen LogP contribution in [0.1, 0.15) is 43.2 Å². The number of aliphatic carboxylic acids is 1. The van der Waals surface area contributed by atoms with E-state index >= 15 is 0 Å². The van der Waals surface area contributed by atoms with Crippen molar-refractivity contribution in [2.75, 3.05) is 17.2 Å². The van der Waals surface area contributed by atoms with Crippen molar-refractivity contribution in [3.8, 4) is 0 Å². The molecule has 4 rings (SSSR count). The first-order valence-electron chi connectivity index (χ1n) is 11.1. The number of nitrogens with zero attached hydrogens (tertiary/aromatic N) is 3. The fourth-order valence-electron chi connectivity index (χ4n) is 4.35. The summed E-state index contributed by atoms with van der Waals surface area (Å²) in [5.41, 5.74) is 2.75. The van der Waals surface area contributed by atoms with Crippen molar-refractivity contribution in [3.63, 3.8) is 0 Å². The number of ether oxygens (including phenoxy) is 1. The third kappa shape index (κ3) is 6.18. The van der Waals surface area contributed by atoms with Crippen molar-refractivity contribution in [1.29, 1.82) is 0 Å². The van der Waals surface area contributed by atoms with Gasteiger partial charge >= 0.3 is 18.1 Å². The molecule has 10 nitrogen and oxygen atoms in total. The molecule has 0 spiro atoms. The zero-order chi connectivity index (χ0) is 23.2. The molecule has 2 aromatic rings. The average Bonchev–Trinajstić information content (AvgIpc) is 2.80. The Morgan fingerprint density at radius 3 is 2.64 bits per heavy atom. The van der Waals surface area contributed by atoms with Crippen molar-refractivity contribution < 1.29 is 24.2 Å². The Hall–Kier alpha value is -3.69. The molecule has 1 aromatic carbocycles. The maximum absolute atomic E-state index is 12.7. The smallest absolute Gasteiger partial charge is 0.410 e. The molecular formula is C23H27N5O5. The summed E-state index contributed by atoms with van der Waals surface area (Å²) in [5.74, 6) is -0.241. The molecule has 1 saturated carbocycles. The number of urea groups is 1. The van der Waals surface area contributed by atoms with Crippen LogP contribution in [0.3, 0.4) is 0 Å². The van der Waals surface area contributed by atoms with Crippen LogP contribution in [0.5, 0.6) is 0 Å². The Balaban J connectivity index is 1.27. The highest BCUT2D eigenvalue weighted by molar-refractivity contribution is 5.99. The van der Waals surface area contributed by atoms with E-state index in [2.05, 4.69) is 20.6 Å². The Labute approximate surface area is 191 Å². The minimum Gasteiger partial charge on any atom is -0.481 e. The van der Waals surface area contributed by atoms with E-state index in [-0.39, 0.29) is 24.5 Å². The number of carbonyl (C=O) groups excluding carboxylic acids is 2. The molecular weight excluding hydrogens is 426 g/mol. The maximum atomic E-state index is 12.7. The summed E-state index contributed by atoms with van der Waals surface area (Å²) >= 11 is 0. The van der Waals surface area contributed by atoms with Gasteiger partial charge in [-0.15, -0.1) is 0 Å². The first-order chi connectivity index (χ1) is 16.0. The molecule has 0 radical (unpaired) electrons. The molecule has 1 aromatic heterocycles. The van der Waals surface area contributed by atoms with Crippen LogP contribution in [0.15, 0.2) is 36.8 Å². The molecule has 2 heterocycles. The SMILES string of the molecule is O=C(O)C[C@H]1CC[C@H](OC(=O)N2CCc3cc(NC(=O)Nc4cnccn4)ccc3C2)CC1. The van der Waals surface area contributed by atoms with Gasteiger partial charge in [-0.1, -0.05) is 6.07 Å². The summed E-state index contributed by atoms with van der Waals surface area (Å²) in [6.07, 6.45) is 7.81. The molecule has 10 heteroatoms. The van der Waals surface area contributed by atoms with Crippen molar-refractivity contribution in [2.24, 2.45) is 5.92 Å². The van der Waals surface area contributed by atoms with Gasteiger partial charge in [0.15, 0.2) is 5.82 Å². The number of aromatic nitrogens is 2. The Bertz CT molecular complexity index is 1010. The second-order valence-electron chi connectivity index (χ2n) is 8.45. The van der Waals surface area contributed by atoms with E-state index in [4.69, 9.17) is 9.84 Å². The van der Waals surface area contributed by atoms with Gasteiger partial charge in [0.2, 0.25) is 0 Å². The largest absolute Gasteiger partial charge is 0.481 e. The van der Waals surface area contributed by atoms with Crippen LogP contribution in [-0.2, 0) is 22.5 Å². The molecule has 0 unspecified atom stereocenters. The molecule has 33 heavy (non-hydrogen) atoms. The molecule has 1 aliphatic heterocycles. The van der Waals surface area contributed by atoms with Crippen LogP contribution in [-0.4, -0.2) is 50.7 Å².